The zero-order valence-electron chi connectivity index (χ0n) is 16.0. The van der Waals surface area contributed by atoms with Crippen molar-refractivity contribution in [2.24, 2.45) is 0 Å². The van der Waals surface area contributed by atoms with Crippen molar-refractivity contribution < 1.29 is 22.6 Å². The number of rotatable bonds is 6. The molecule has 1 aliphatic heterocycles. The molecule has 2 aromatic rings. The average Bonchev–Trinajstić information content (AvgIpc) is 2.73. The van der Waals surface area contributed by atoms with Gasteiger partial charge in [-0.3, -0.25) is 0 Å². The van der Waals surface area contributed by atoms with Gasteiger partial charge in [-0.15, -0.1) is 0 Å². The van der Waals surface area contributed by atoms with E-state index in [4.69, 9.17) is 14.2 Å². The van der Waals surface area contributed by atoms with Gasteiger partial charge in [-0.2, -0.15) is 4.31 Å². The van der Waals surface area contributed by atoms with Crippen molar-refractivity contribution in [3.63, 3.8) is 0 Å². The van der Waals surface area contributed by atoms with Crippen LogP contribution in [0, 0.1) is 3.57 Å². The lowest BCUT2D eigenvalue weighted by Gasteiger charge is -2.35. The number of nitrogens with zero attached hydrogens (tertiary/aromatic N) is 2. The van der Waals surface area contributed by atoms with E-state index in [1.54, 1.807) is 45.6 Å². The molecule has 7 nitrogen and oxygen atoms in total. The van der Waals surface area contributed by atoms with Crippen LogP contribution in [0.3, 0.4) is 0 Å². The summed E-state index contributed by atoms with van der Waals surface area (Å²) >= 11 is 2.16. The van der Waals surface area contributed by atoms with Crippen LogP contribution in [-0.4, -0.2) is 60.2 Å². The van der Waals surface area contributed by atoms with Crippen molar-refractivity contribution in [2.75, 3.05) is 52.4 Å². The Morgan fingerprint density at radius 1 is 0.857 bits per heavy atom. The highest BCUT2D eigenvalue weighted by atomic mass is 127. The molecular weight excluding hydrogens is 495 g/mol. The van der Waals surface area contributed by atoms with Gasteiger partial charge >= 0.3 is 0 Å². The Bertz CT molecular complexity index is 901. The van der Waals surface area contributed by atoms with E-state index < -0.39 is 10.0 Å². The summed E-state index contributed by atoms with van der Waals surface area (Å²) in [5.74, 6) is 1.69. The lowest BCUT2D eigenvalue weighted by atomic mass is 10.2. The van der Waals surface area contributed by atoms with Crippen molar-refractivity contribution >= 4 is 38.3 Å². The van der Waals surface area contributed by atoms with Gasteiger partial charge in [0.05, 0.1) is 26.2 Å². The van der Waals surface area contributed by atoms with E-state index >= 15 is 0 Å². The van der Waals surface area contributed by atoms with Gasteiger partial charge in [0.2, 0.25) is 15.8 Å². The molecule has 152 valence electrons. The molecule has 0 aromatic heterocycles. The van der Waals surface area contributed by atoms with Crippen molar-refractivity contribution in [2.45, 2.75) is 4.90 Å². The Morgan fingerprint density at radius 2 is 1.39 bits per heavy atom. The number of benzene rings is 2. The number of halogens is 1. The van der Waals surface area contributed by atoms with E-state index in [9.17, 15) is 8.42 Å². The second-order valence-corrected chi connectivity index (χ2v) is 9.41. The molecule has 0 radical (unpaired) electrons. The average molecular weight is 518 g/mol. The van der Waals surface area contributed by atoms with Crippen molar-refractivity contribution in [1.29, 1.82) is 0 Å². The Hall–Kier alpha value is -1.72. The summed E-state index contributed by atoms with van der Waals surface area (Å²) in [6.45, 7) is 1.96. The minimum Gasteiger partial charge on any atom is -0.493 e. The lowest BCUT2D eigenvalue weighted by molar-refractivity contribution is 0.324. The largest absolute Gasteiger partial charge is 0.493 e. The van der Waals surface area contributed by atoms with Gasteiger partial charge < -0.3 is 19.1 Å². The van der Waals surface area contributed by atoms with E-state index in [-0.39, 0.29) is 0 Å². The number of anilines is 1. The number of piperazine rings is 1. The smallest absolute Gasteiger partial charge is 0.243 e. The zero-order chi connectivity index (χ0) is 20.3. The maximum absolute atomic E-state index is 12.9. The van der Waals surface area contributed by atoms with Crippen LogP contribution in [0.15, 0.2) is 41.3 Å². The standard InChI is InChI=1S/C19H23IN2O5S/c1-25-17-12-15(13-18(26-2)19(17)27-3)21-8-10-22(11-9-21)28(23,24)16-6-4-14(20)5-7-16/h4-7,12-13H,8-11H2,1-3H3. The summed E-state index contributed by atoms with van der Waals surface area (Å²) in [5, 5.41) is 0. The third-order valence-corrected chi connectivity index (χ3v) is 7.34. The molecule has 0 unspecified atom stereocenters. The second-order valence-electron chi connectivity index (χ2n) is 6.23. The fourth-order valence-corrected chi connectivity index (χ4v) is 4.97. The number of ether oxygens (including phenoxy) is 3. The van der Waals surface area contributed by atoms with Gasteiger partial charge in [0.15, 0.2) is 11.5 Å². The fourth-order valence-electron chi connectivity index (χ4n) is 3.19. The summed E-state index contributed by atoms with van der Waals surface area (Å²) in [4.78, 5) is 2.44. The summed E-state index contributed by atoms with van der Waals surface area (Å²) in [5.41, 5.74) is 0.904. The second kappa shape index (κ2) is 8.75. The first-order chi connectivity index (χ1) is 13.4. The number of hydrogen-bond donors (Lipinski definition) is 0. The molecule has 0 amide bonds. The third kappa shape index (κ3) is 4.15. The van der Waals surface area contributed by atoms with Crippen LogP contribution in [-0.2, 0) is 10.0 Å². The molecule has 2 aromatic carbocycles. The normalized spacial score (nSPS) is 15.4. The highest BCUT2D eigenvalue weighted by molar-refractivity contribution is 14.1. The molecule has 1 saturated heterocycles. The molecule has 0 spiro atoms. The molecule has 0 saturated carbocycles. The van der Waals surface area contributed by atoms with E-state index in [2.05, 4.69) is 27.5 Å². The van der Waals surface area contributed by atoms with Crippen LogP contribution in [0.5, 0.6) is 17.2 Å². The Balaban J connectivity index is 1.77. The van der Waals surface area contributed by atoms with Gasteiger partial charge in [-0.05, 0) is 46.9 Å². The molecule has 0 atom stereocenters. The first-order valence-corrected chi connectivity index (χ1v) is 11.2. The van der Waals surface area contributed by atoms with E-state index in [0.717, 1.165) is 9.26 Å². The molecule has 0 bridgehead atoms. The van der Waals surface area contributed by atoms with Crippen molar-refractivity contribution in [3.05, 3.63) is 40.0 Å². The number of hydrogen-bond acceptors (Lipinski definition) is 6. The van der Waals surface area contributed by atoms with Gasteiger partial charge in [0, 0.05) is 47.6 Å². The molecule has 28 heavy (non-hydrogen) atoms. The van der Waals surface area contributed by atoms with E-state index in [0.29, 0.717) is 48.3 Å². The first-order valence-electron chi connectivity index (χ1n) is 8.71. The molecule has 9 heteroatoms. The quantitative estimate of drug-likeness (QED) is 0.549. The molecule has 0 aliphatic carbocycles. The van der Waals surface area contributed by atoms with Crippen LogP contribution < -0.4 is 19.1 Å². The zero-order valence-corrected chi connectivity index (χ0v) is 19.0. The predicted molar refractivity (Wildman–Crippen MR) is 116 cm³/mol. The van der Waals surface area contributed by atoms with E-state index in [1.807, 2.05) is 12.1 Å². The predicted octanol–water partition coefficient (Wildman–Crippen LogP) is 2.83. The fraction of sp³-hybridized carbons (Fsp3) is 0.368. The van der Waals surface area contributed by atoms with Gasteiger partial charge in [0.25, 0.3) is 0 Å². The molecule has 1 aliphatic rings. The monoisotopic (exact) mass is 518 g/mol. The topological polar surface area (TPSA) is 68.3 Å². The summed E-state index contributed by atoms with van der Waals surface area (Å²) in [6.07, 6.45) is 0. The minimum absolute atomic E-state index is 0.328. The Morgan fingerprint density at radius 3 is 1.86 bits per heavy atom. The Kier molecular flexibility index (Phi) is 6.56. The van der Waals surface area contributed by atoms with Crippen LogP contribution in [0.4, 0.5) is 5.69 Å². The maximum Gasteiger partial charge on any atom is 0.243 e. The Labute approximate surface area is 179 Å². The first kappa shape index (κ1) is 21.0. The molecule has 3 rings (SSSR count). The van der Waals surface area contributed by atoms with Crippen LogP contribution in [0.2, 0.25) is 0 Å². The number of methoxy groups -OCH3 is 3. The van der Waals surface area contributed by atoms with Gasteiger partial charge in [-0.25, -0.2) is 8.42 Å². The van der Waals surface area contributed by atoms with Crippen molar-refractivity contribution in [3.8, 4) is 17.2 Å². The molecule has 1 fully saturated rings. The van der Waals surface area contributed by atoms with Crippen molar-refractivity contribution in [1.82, 2.24) is 4.31 Å². The molecule has 0 N–H and O–H groups in total. The van der Waals surface area contributed by atoms with Crippen LogP contribution in [0.1, 0.15) is 0 Å². The highest BCUT2D eigenvalue weighted by Crippen LogP contribution is 2.41. The summed E-state index contributed by atoms with van der Waals surface area (Å²) in [7, 11) is 1.23. The van der Waals surface area contributed by atoms with E-state index in [1.165, 1.54) is 4.31 Å². The van der Waals surface area contributed by atoms with Crippen LogP contribution >= 0.6 is 22.6 Å². The minimum atomic E-state index is -3.49. The maximum atomic E-state index is 12.9. The highest BCUT2D eigenvalue weighted by Gasteiger charge is 2.29. The summed E-state index contributed by atoms with van der Waals surface area (Å²) < 4.78 is 44.5. The lowest BCUT2D eigenvalue weighted by Crippen LogP contribution is -2.48. The van der Waals surface area contributed by atoms with Gasteiger partial charge in [-0.1, -0.05) is 0 Å². The SMILES string of the molecule is COc1cc(N2CCN(S(=O)(=O)c3ccc(I)cc3)CC2)cc(OC)c1OC. The summed E-state index contributed by atoms with van der Waals surface area (Å²) in [6, 6.07) is 10.7. The van der Waals surface area contributed by atoms with Gasteiger partial charge in [0.1, 0.15) is 0 Å². The third-order valence-electron chi connectivity index (χ3n) is 4.70. The molecular formula is C19H23IN2O5S. The molecule has 1 heterocycles. The number of sulfonamides is 1. The van der Waals surface area contributed by atoms with Crippen LogP contribution in [0.25, 0.3) is 0 Å².